The number of nitrogens with zero attached hydrogens (tertiary/aromatic N) is 2. The molecule has 11 aromatic rings. The summed E-state index contributed by atoms with van der Waals surface area (Å²) in [5.41, 5.74) is 13.7. The van der Waals surface area contributed by atoms with E-state index >= 15 is 0 Å². The van der Waals surface area contributed by atoms with Crippen LogP contribution in [0.5, 0.6) is 0 Å². The van der Waals surface area contributed by atoms with Gasteiger partial charge >= 0.3 is 0 Å². The maximum Gasteiger partial charge on any atom is 0.135 e. The predicted octanol–water partition coefficient (Wildman–Crippen LogP) is 13.1. The van der Waals surface area contributed by atoms with Gasteiger partial charge in [0, 0.05) is 43.7 Å². The van der Waals surface area contributed by atoms with Crippen LogP contribution in [0.15, 0.2) is 186 Å². The Balaban J connectivity index is 1.04. The summed E-state index contributed by atoms with van der Waals surface area (Å²) in [6.07, 6.45) is 0. The lowest BCUT2D eigenvalue weighted by Gasteiger charge is -2.08. The second-order valence-corrected chi connectivity index (χ2v) is 13.4. The standard InChI is InChI=1S/C48H30N2O/c1-3-11-35(12-4-1)49-43-17-9-7-15-37(43)39-27-31(19-23-45(39)49)33-21-25-47-41(29-33)42-30-34(22-26-48(42)51-47)32-20-24-46-40(28-32)38-16-8-10-18-44(38)50(46)36-13-5-2-6-14-36/h1-30H. The number of rotatable bonds is 4. The number of hydrogen-bond donors (Lipinski definition) is 0. The molecule has 3 nitrogen and oxygen atoms in total. The summed E-state index contributed by atoms with van der Waals surface area (Å²) >= 11 is 0. The zero-order valence-corrected chi connectivity index (χ0v) is 27.6. The van der Waals surface area contributed by atoms with Gasteiger partial charge in [0.15, 0.2) is 0 Å². The number of aromatic nitrogens is 2. The highest BCUT2D eigenvalue weighted by atomic mass is 16.3. The van der Waals surface area contributed by atoms with Crippen molar-refractivity contribution in [2.24, 2.45) is 0 Å². The van der Waals surface area contributed by atoms with Crippen molar-refractivity contribution in [2.45, 2.75) is 0 Å². The number of hydrogen-bond acceptors (Lipinski definition) is 1. The van der Waals surface area contributed by atoms with Crippen LogP contribution in [-0.4, -0.2) is 9.13 Å². The highest BCUT2D eigenvalue weighted by Gasteiger charge is 2.16. The van der Waals surface area contributed by atoms with Crippen molar-refractivity contribution in [1.29, 1.82) is 0 Å². The van der Waals surface area contributed by atoms with Crippen molar-refractivity contribution in [2.75, 3.05) is 0 Å². The molecule has 51 heavy (non-hydrogen) atoms. The quantitative estimate of drug-likeness (QED) is 0.186. The molecule has 238 valence electrons. The first-order valence-corrected chi connectivity index (χ1v) is 17.4. The van der Waals surface area contributed by atoms with E-state index in [0.29, 0.717) is 0 Å². The average molecular weight is 651 g/mol. The Morgan fingerprint density at radius 3 is 1.08 bits per heavy atom. The predicted molar refractivity (Wildman–Crippen MR) is 213 cm³/mol. The summed E-state index contributed by atoms with van der Waals surface area (Å²) in [6, 6.07) is 65.5. The fourth-order valence-electron chi connectivity index (χ4n) is 8.15. The van der Waals surface area contributed by atoms with Crippen LogP contribution in [0.1, 0.15) is 0 Å². The third-order valence-corrected chi connectivity index (χ3v) is 10.5. The fraction of sp³-hybridized carbons (Fsp3) is 0. The van der Waals surface area contributed by atoms with Gasteiger partial charge in [0.05, 0.1) is 22.1 Å². The molecular weight excluding hydrogens is 621 g/mol. The largest absolute Gasteiger partial charge is 0.456 e. The lowest BCUT2D eigenvalue weighted by atomic mass is 9.98. The van der Waals surface area contributed by atoms with E-state index in [9.17, 15) is 0 Å². The highest BCUT2D eigenvalue weighted by Crippen LogP contribution is 2.40. The first-order valence-electron chi connectivity index (χ1n) is 17.4. The van der Waals surface area contributed by atoms with Gasteiger partial charge in [0.2, 0.25) is 0 Å². The van der Waals surface area contributed by atoms with Crippen molar-refractivity contribution >= 4 is 65.6 Å². The molecule has 0 bridgehead atoms. The SMILES string of the molecule is c1ccc(-n2c3ccccc3c3cc(-c4ccc5oc6ccc(-c7ccc8c(c7)c7ccccc7n8-c7ccccc7)cc6c5c4)ccc32)cc1. The fourth-order valence-corrected chi connectivity index (χ4v) is 8.15. The summed E-state index contributed by atoms with van der Waals surface area (Å²) in [7, 11) is 0. The Morgan fingerprint density at radius 2 is 0.627 bits per heavy atom. The van der Waals surface area contributed by atoms with Gasteiger partial charge in [-0.05, 0) is 107 Å². The Morgan fingerprint density at radius 1 is 0.275 bits per heavy atom. The van der Waals surface area contributed by atoms with Crippen LogP contribution in [0.3, 0.4) is 0 Å². The highest BCUT2D eigenvalue weighted by molar-refractivity contribution is 6.13. The topological polar surface area (TPSA) is 23.0 Å². The lowest BCUT2D eigenvalue weighted by molar-refractivity contribution is 0.669. The molecule has 8 aromatic carbocycles. The summed E-state index contributed by atoms with van der Waals surface area (Å²) in [4.78, 5) is 0. The van der Waals surface area contributed by atoms with Crippen molar-refractivity contribution in [3.63, 3.8) is 0 Å². The van der Waals surface area contributed by atoms with Crippen molar-refractivity contribution in [3.05, 3.63) is 182 Å². The van der Waals surface area contributed by atoms with Crippen LogP contribution in [-0.2, 0) is 0 Å². The average Bonchev–Trinajstić information content (AvgIpc) is 3.85. The normalized spacial score (nSPS) is 11.9. The van der Waals surface area contributed by atoms with E-state index in [1.54, 1.807) is 0 Å². The molecule has 0 aliphatic rings. The maximum atomic E-state index is 6.39. The third kappa shape index (κ3) is 4.25. The molecule has 0 N–H and O–H groups in total. The van der Waals surface area contributed by atoms with Gasteiger partial charge in [-0.1, -0.05) is 97.1 Å². The maximum absolute atomic E-state index is 6.39. The molecule has 3 aromatic heterocycles. The van der Waals surface area contributed by atoms with Gasteiger partial charge in [-0.2, -0.15) is 0 Å². The Hall–Kier alpha value is -6.84. The van der Waals surface area contributed by atoms with Crippen LogP contribution in [0.4, 0.5) is 0 Å². The zero-order chi connectivity index (χ0) is 33.5. The van der Waals surface area contributed by atoms with E-state index in [1.165, 1.54) is 77.2 Å². The number of furan rings is 1. The van der Waals surface area contributed by atoms with E-state index in [1.807, 2.05) is 0 Å². The van der Waals surface area contributed by atoms with Gasteiger partial charge < -0.3 is 13.6 Å². The zero-order valence-electron chi connectivity index (χ0n) is 27.6. The molecule has 0 spiro atoms. The first-order chi connectivity index (χ1) is 25.3. The molecule has 3 heterocycles. The van der Waals surface area contributed by atoms with E-state index in [4.69, 9.17) is 4.42 Å². The van der Waals surface area contributed by atoms with Crippen LogP contribution < -0.4 is 0 Å². The number of benzene rings is 8. The smallest absolute Gasteiger partial charge is 0.135 e. The lowest BCUT2D eigenvalue weighted by Crippen LogP contribution is -1.92. The summed E-state index contributed by atoms with van der Waals surface area (Å²) in [5, 5.41) is 7.24. The summed E-state index contributed by atoms with van der Waals surface area (Å²) < 4.78 is 11.1. The molecule has 3 heteroatoms. The Kier molecular flexibility index (Phi) is 5.96. The Labute approximate surface area is 293 Å². The molecule has 0 saturated carbocycles. The van der Waals surface area contributed by atoms with E-state index in [0.717, 1.165) is 21.9 Å². The number of fused-ring (bicyclic) bond motifs is 9. The molecule has 0 atom stereocenters. The Bertz CT molecular complexity index is 2910. The van der Waals surface area contributed by atoms with Crippen molar-refractivity contribution in [3.8, 4) is 33.6 Å². The van der Waals surface area contributed by atoms with Crippen LogP contribution in [0.2, 0.25) is 0 Å². The van der Waals surface area contributed by atoms with Crippen LogP contribution in [0.25, 0.3) is 99.2 Å². The van der Waals surface area contributed by atoms with Gasteiger partial charge in [0.25, 0.3) is 0 Å². The minimum absolute atomic E-state index is 0.897. The third-order valence-electron chi connectivity index (χ3n) is 10.5. The van der Waals surface area contributed by atoms with Crippen LogP contribution >= 0.6 is 0 Å². The molecule has 0 saturated heterocycles. The molecule has 0 unspecified atom stereocenters. The summed E-state index contributed by atoms with van der Waals surface area (Å²) in [6.45, 7) is 0. The molecule has 0 aliphatic carbocycles. The molecule has 0 amide bonds. The van der Waals surface area contributed by atoms with E-state index in [-0.39, 0.29) is 0 Å². The molecule has 11 rings (SSSR count). The molecule has 0 fully saturated rings. The summed E-state index contributed by atoms with van der Waals surface area (Å²) in [5.74, 6) is 0. The van der Waals surface area contributed by atoms with Crippen LogP contribution in [0, 0.1) is 0 Å². The van der Waals surface area contributed by atoms with Gasteiger partial charge in [0.1, 0.15) is 11.2 Å². The monoisotopic (exact) mass is 650 g/mol. The van der Waals surface area contributed by atoms with Gasteiger partial charge in [-0.15, -0.1) is 0 Å². The number of para-hydroxylation sites is 4. The van der Waals surface area contributed by atoms with Gasteiger partial charge in [-0.3, -0.25) is 0 Å². The van der Waals surface area contributed by atoms with E-state index in [2.05, 4.69) is 191 Å². The van der Waals surface area contributed by atoms with E-state index < -0.39 is 0 Å². The van der Waals surface area contributed by atoms with Crippen molar-refractivity contribution in [1.82, 2.24) is 9.13 Å². The molecular formula is C48H30N2O. The second-order valence-electron chi connectivity index (χ2n) is 13.4. The minimum atomic E-state index is 0.897. The molecule has 0 radical (unpaired) electrons. The second kappa shape index (κ2) is 10.8. The molecule has 0 aliphatic heterocycles. The first kappa shape index (κ1) is 28.0. The van der Waals surface area contributed by atoms with Gasteiger partial charge in [-0.25, -0.2) is 0 Å². The minimum Gasteiger partial charge on any atom is -0.456 e. The van der Waals surface area contributed by atoms with Crippen molar-refractivity contribution < 1.29 is 4.42 Å².